The van der Waals surface area contributed by atoms with Gasteiger partial charge in [-0.2, -0.15) is 0 Å². The lowest BCUT2D eigenvalue weighted by atomic mass is 10.00. The number of aryl methyl sites for hydroxylation is 1. The van der Waals surface area contributed by atoms with Gasteiger partial charge in [-0.05, 0) is 33.1 Å². The molecular formula is C11H18N2S. The van der Waals surface area contributed by atoms with E-state index in [1.165, 1.54) is 17.8 Å². The predicted octanol–water partition coefficient (Wildman–Crippen LogP) is 2.83. The minimum Gasteiger partial charge on any atom is -0.303 e. The third kappa shape index (κ3) is 1.98. The van der Waals surface area contributed by atoms with Crippen LogP contribution in [0.1, 0.15) is 43.8 Å². The molecule has 0 aromatic carbocycles. The van der Waals surface area contributed by atoms with Crippen LogP contribution in [0.4, 0.5) is 0 Å². The van der Waals surface area contributed by atoms with Crippen molar-refractivity contribution in [2.75, 3.05) is 0 Å². The lowest BCUT2D eigenvalue weighted by Gasteiger charge is -2.27. The van der Waals surface area contributed by atoms with E-state index in [0.717, 1.165) is 18.2 Å². The molecule has 0 aliphatic heterocycles. The highest BCUT2D eigenvalue weighted by Crippen LogP contribution is 2.32. The molecule has 0 saturated heterocycles. The van der Waals surface area contributed by atoms with Crippen LogP contribution in [0.3, 0.4) is 0 Å². The zero-order valence-electron chi connectivity index (χ0n) is 9.13. The number of hydrogen-bond donors (Lipinski definition) is 1. The van der Waals surface area contributed by atoms with Crippen molar-refractivity contribution in [2.24, 2.45) is 0 Å². The first-order valence-electron chi connectivity index (χ1n) is 5.34. The van der Waals surface area contributed by atoms with Crippen molar-refractivity contribution in [3.63, 3.8) is 0 Å². The zero-order chi connectivity index (χ0) is 10.2. The second-order valence-corrected chi connectivity index (χ2v) is 5.26. The minimum atomic E-state index is 0.0973. The van der Waals surface area contributed by atoms with E-state index in [4.69, 9.17) is 0 Å². The number of nitrogens with zero attached hydrogens (tertiary/aromatic N) is 1. The quantitative estimate of drug-likeness (QED) is 0.826. The van der Waals surface area contributed by atoms with Crippen LogP contribution in [0.15, 0.2) is 5.38 Å². The van der Waals surface area contributed by atoms with Crippen LogP contribution in [-0.4, -0.2) is 11.0 Å². The first-order chi connectivity index (χ1) is 6.64. The van der Waals surface area contributed by atoms with E-state index in [1.807, 2.05) is 0 Å². The van der Waals surface area contributed by atoms with Gasteiger partial charge in [-0.1, -0.05) is 6.92 Å². The molecule has 1 aromatic rings. The summed E-state index contributed by atoms with van der Waals surface area (Å²) in [7, 11) is 0. The SMILES string of the molecule is CCC(C)(NC1CC1)c1nc(C)cs1. The van der Waals surface area contributed by atoms with Crippen LogP contribution in [-0.2, 0) is 5.54 Å². The summed E-state index contributed by atoms with van der Waals surface area (Å²) in [4.78, 5) is 4.59. The molecule has 0 spiro atoms. The van der Waals surface area contributed by atoms with Crippen molar-refractivity contribution in [1.82, 2.24) is 10.3 Å². The second kappa shape index (κ2) is 3.63. The Balaban J connectivity index is 2.16. The Labute approximate surface area is 89.8 Å². The predicted molar refractivity (Wildman–Crippen MR) is 60.7 cm³/mol. The van der Waals surface area contributed by atoms with E-state index < -0.39 is 0 Å². The van der Waals surface area contributed by atoms with Gasteiger partial charge < -0.3 is 5.32 Å². The highest BCUT2D eigenvalue weighted by Gasteiger charge is 2.34. The lowest BCUT2D eigenvalue weighted by molar-refractivity contribution is 0.348. The van der Waals surface area contributed by atoms with Crippen molar-refractivity contribution in [3.05, 3.63) is 16.1 Å². The van der Waals surface area contributed by atoms with Gasteiger partial charge in [-0.25, -0.2) is 4.98 Å². The third-order valence-electron chi connectivity index (χ3n) is 2.90. The van der Waals surface area contributed by atoms with E-state index in [-0.39, 0.29) is 5.54 Å². The second-order valence-electron chi connectivity index (χ2n) is 4.40. The molecule has 1 atom stereocenters. The normalized spacial score (nSPS) is 20.8. The molecule has 2 rings (SSSR count). The van der Waals surface area contributed by atoms with E-state index in [1.54, 1.807) is 11.3 Å². The van der Waals surface area contributed by atoms with Crippen LogP contribution >= 0.6 is 11.3 Å². The Hall–Kier alpha value is -0.410. The average molecular weight is 210 g/mol. The van der Waals surface area contributed by atoms with Crippen LogP contribution in [0.5, 0.6) is 0 Å². The summed E-state index contributed by atoms with van der Waals surface area (Å²) in [6, 6.07) is 0.740. The van der Waals surface area contributed by atoms with Crippen molar-refractivity contribution >= 4 is 11.3 Å². The van der Waals surface area contributed by atoms with Gasteiger partial charge in [-0.3, -0.25) is 0 Å². The van der Waals surface area contributed by atoms with Crippen molar-refractivity contribution < 1.29 is 0 Å². The van der Waals surface area contributed by atoms with Gasteiger partial charge in [0.2, 0.25) is 0 Å². The number of aromatic nitrogens is 1. The minimum absolute atomic E-state index is 0.0973. The highest BCUT2D eigenvalue weighted by atomic mass is 32.1. The van der Waals surface area contributed by atoms with E-state index in [2.05, 4.69) is 36.5 Å². The Morgan fingerprint density at radius 3 is 2.79 bits per heavy atom. The van der Waals surface area contributed by atoms with Gasteiger partial charge in [0.15, 0.2) is 0 Å². The molecule has 1 saturated carbocycles. The fourth-order valence-electron chi connectivity index (χ4n) is 1.60. The third-order valence-corrected chi connectivity index (χ3v) is 4.12. The zero-order valence-corrected chi connectivity index (χ0v) is 9.95. The molecule has 1 fully saturated rings. The van der Waals surface area contributed by atoms with Gasteiger partial charge in [0.05, 0.1) is 5.54 Å². The maximum Gasteiger partial charge on any atom is 0.113 e. The van der Waals surface area contributed by atoms with Crippen LogP contribution < -0.4 is 5.32 Å². The average Bonchev–Trinajstić information content (AvgIpc) is 2.85. The molecule has 1 aromatic heterocycles. The number of rotatable bonds is 4. The molecule has 1 N–H and O–H groups in total. The molecule has 0 bridgehead atoms. The van der Waals surface area contributed by atoms with Crippen molar-refractivity contribution in [3.8, 4) is 0 Å². The molecule has 1 aliphatic carbocycles. The van der Waals surface area contributed by atoms with Crippen LogP contribution in [0.25, 0.3) is 0 Å². The molecule has 0 amide bonds. The van der Waals surface area contributed by atoms with Crippen molar-refractivity contribution in [1.29, 1.82) is 0 Å². The topological polar surface area (TPSA) is 24.9 Å². The smallest absolute Gasteiger partial charge is 0.113 e. The largest absolute Gasteiger partial charge is 0.303 e. The maximum absolute atomic E-state index is 4.59. The molecule has 0 radical (unpaired) electrons. The van der Waals surface area contributed by atoms with Gasteiger partial charge in [0.1, 0.15) is 5.01 Å². The number of thiazole rings is 1. The van der Waals surface area contributed by atoms with Crippen LogP contribution in [0, 0.1) is 6.92 Å². The number of nitrogens with one attached hydrogen (secondary N) is 1. The summed E-state index contributed by atoms with van der Waals surface area (Å²) in [5.41, 5.74) is 1.24. The first kappa shape index (κ1) is 10.1. The van der Waals surface area contributed by atoms with E-state index >= 15 is 0 Å². The summed E-state index contributed by atoms with van der Waals surface area (Å²) >= 11 is 1.78. The van der Waals surface area contributed by atoms with Gasteiger partial charge in [0, 0.05) is 17.1 Å². The lowest BCUT2D eigenvalue weighted by Crippen LogP contribution is -2.40. The van der Waals surface area contributed by atoms with E-state index in [0.29, 0.717) is 0 Å². The molecule has 2 nitrogen and oxygen atoms in total. The van der Waals surface area contributed by atoms with Gasteiger partial charge >= 0.3 is 0 Å². The van der Waals surface area contributed by atoms with Gasteiger partial charge in [0.25, 0.3) is 0 Å². The van der Waals surface area contributed by atoms with Crippen LogP contribution in [0.2, 0.25) is 0 Å². The molecule has 1 aliphatic rings. The Kier molecular flexibility index (Phi) is 2.62. The molecule has 1 heterocycles. The standard InChI is InChI=1S/C11H18N2S/c1-4-11(3,13-9-5-6-9)10-12-8(2)7-14-10/h7,9,13H,4-6H2,1-3H3. The maximum atomic E-state index is 4.59. The van der Waals surface area contributed by atoms with Crippen molar-refractivity contribution in [2.45, 2.75) is 51.6 Å². The summed E-state index contributed by atoms with van der Waals surface area (Å²) in [5.74, 6) is 0. The molecular weight excluding hydrogens is 192 g/mol. The van der Waals surface area contributed by atoms with Gasteiger partial charge in [-0.15, -0.1) is 11.3 Å². The summed E-state index contributed by atoms with van der Waals surface area (Å²) in [6.07, 6.45) is 3.77. The summed E-state index contributed by atoms with van der Waals surface area (Å²) in [6.45, 7) is 6.56. The fraction of sp³-hybridized carbons (Fsp3) is 0.727. The number of hydrogen-bond acceptors (Lipinski definition) is 3. The first-order valence-corrected chi connectivity index (χ1v) is 6.22. The molecule has 14 heavy (non-hydrogen) atoms. The monoisotopic (exact) mass is 210 g/mol. The van der Waals surface area contributed by atoms with E-state index in [9.17, 15) is 0 Å². The molecule has 3 heteroatoms. The Morgan fingerprint density at radius 1 is 1.64 bits per heavy atom. The summed E-state index contributed by atoms with van der Waals surface area (Å²) in [5, 5.41) is 7.07. The Bertz CT molecular complexity index is 317. The Morgan fingerprint density at radius 2 is 2.36 bits per heavy atom. The molecule has 78 valence electrons. The summed E-state index contributed by atoms with van der Waals surface area (Å²) < 4.78 is 0. The fourth-order valence-corrected chi connectivity index (χ4v) is 2.60. The molecule has 1 unspecified atom stereocenters. The highest BCUT2D eigenvalue weighted by molar-refractivity contribution is 7.09.